The number of hydrogen-bond donors (Lipinski definition) is 6. The molecule has 102 heavy (non-hydrogen) atoms. The first-order chi connectivity index (χ1) is 48.1. The first-order valence-corrected chi connectivity index (χ1v) is 34.5. The van der Waals surface area contributed by atoms with Gasteiger partial charge in [0.2, 0.25) is 47.3 Å². The van der Waals surface area contributed by atoms with Crippen LogP contribution in [-0.2, 0) is 62.0 Å². The van der Waals surface area contributed by atoms with E-state index in [4.69, 9.17) is 29.4 Å². The van der Waals surface area contributed by atoms with Gasteiger partial charge in [-0.05, 0) is 135 Å². The van der Waals surface area contributed by atoms with Crippen LogP contribution in [0.3, 0.4) is 0 Å². The van der Waals surface area contributed by atoms with Crippen molar-refractivity contribution in [2.75, 3.05) is 49.9 Å². The second-order valence-electron chi connectivity index (χ2n) is 28.2. The van der Waals surface area contributed by atoms with Gasteiger partial charge in [0.05, 0.1) is 25.9 Å². The molecule has 6 heterocycles. The molecule has 0 aliphatic carbocycles. The lowest BCUT2D eigenvalue weighted by Gasteiger charge is -2.31. The molecule has 10 amide bonds. The van der Waals surface area contributed by atoms with Crippen molar-refractivity contribution in [3.05, 3.63) is 127 Å². The molecule has 6 aliphatic rings. The van der Waals surface area contributed by atoms with Crippen LogP contribution >= 0.6 is 0 Å². The fraction of sp³-hybridized carbons (Fsp3) is 0.474. The summed E-state index contributed by atoms with van der Waals surface area (Å²) in [6.45, 7) is 14.6. The van der Waals surface area contributed by atoms with Crippen LogP contribution in [0.15, 0.2) is 127 Å². The average Bonchev–Trinajstić information content (AvgIpc) is 1.61. The Kier molecular flexibility index (Phi) is 24.7. The molecule has 11 atom stereocenters. The quantitative estimate of drug-likeness (QED) is 0.0665. The summed E-state index contributed by atoms with van der Waals surface area (Å²) in [5.41, 5.74) is 6.60. The summed E-state index contributed by atoms with van der Waals surface area (Å²) in [4.78, 5) is 137. The molecule has 1 unspecified atom stereocenters. The van der Waals surface area contributed by atoms with Crippen molar-refractivity contribution in [2.24, 2.45) is 5.73 Å². The van der Waals surface area contributed by atoms with Gasteiger partial charge in [-0.2, -0.15) is 0 Å². The maximum atomic E-state index is 13.6. The smallest absolute Gasteiger partial charge is 0.410 e. The van der Waals surface area contributed by atoms with E-state index in [2.05, 4.69) is 26.6 Å². The maximum Gasteiger partial charge on any atom is 0.410 e. The summed E-state index contributed by atoms with van der Waals surface area (Å²) in [6, 6.07) is 34.4. The predicted octanol–water partition coefficient (Wildman–Crippen LogP) is 8.99. The Balaban J connectivity index is 0.000000181. The number of rotatable bonds is 12. The summed E-state index contributed by atoms with van der Waals surface area (Å²) < 4.78 is 28.2. The summed E-state index contributed by atoms with van der Waals surface area (Å²) in [5, 5.41) is 20.3. The number of carbonyl (C=O) groups is 10. The molecule has 0 aromatic heterocycles. The Labute approximate surface area is 594 Å². The highest BCUT2D eigenvalue weighted by atomic mass is 16.6. The number of likely N-dealkylation sites (N-methyl/N-ethyl adjacent to an activating group) is 2. The third-order valence-corrected chi connectivity index (χ3v) is 18.8. The van der Waals surface area contributed by atoms with E-state index in [0.29, 0.717) is 62.9 Å². The second-order valence-corrected chi connectivity index (χ2v) is 28.2. The molecule has 0 radical (unpaired) electrons. The number of hydrogen-bond acceptors (Lipinski definition) is 16. The highest BCUT2D eigenvalue weighted by Gasteiger charge is 2.49. The van der Waals surface area contributed by atoms with Crippen LogP contribution in [0.5, 0.6) is 0 Å². The summed E-state index contributed by atoms with van der Waals surface area (Å²) in [6.07, 6.45) is 1.52. The molecule has 26 nitrogen and oxygen atoms in total. The first kappa shape index (κ1) is 76.4. The van der Waals surface area contributed by atoms with Gasteiger partial charge < -0.3 is 70.7 Å². The van der Waals surface area contributed by atoms with E-state index in [-0.39, 0.29) is 75.2 Å². The molecular formula is C76H97N11O15. The highest BCUT2D eigenvalue weighted by Crippen LogP contribution is 2.35. The molecule has 0 bridgehead atoms. The Morgan fingerprint density at radius 2 is 0.735 bits per heavy atom. The number of ether oxygens (including phenoxy) is 5. The van der Waals surface area contributed by atoms with E-state index in [1.165, 1.54) is 38.6 Å². The lowest BCUT2D eigenvalue weighted by atomic mass is 10.1. The molecule has 6 aliphatic heterocycles. The molecule has 6 aromatic carbocycles. The number of anilines is 3. The third-order valence-electron chi connectivity index (χ3n) is 18.8. The fourth-order valence-electron chi connectivity index (χ4n) is 13.2. The van der Waals surface area contributed by atoms with Crippen LogP contribution in [-0.4, -0.2) is 196 Å². The minimum absolute atomic E-state index is 0. The largest absolute Gasteiger partial charge is 0.444 e. The molecule has 0 spiro atoms. The van der Waals surface area contributed by atoms with E-state index in [0.717, 1.165) is 38.0 Å². The van der Waals surface area contributed by atoms with E-state index < -0.39 is 96.0 Å². The summed E-state index contributed by atoms with van der Waals surface area (Å²) in [5.74, 6) is -2.72. The maximum absolute atomic E-state index is 13.6. The monoisotopic (exact) mass is 1400 g/mol. The van der Waals surface area contributed by atoms with Crippen molar-refractivity contribution >= 4 is 109 Å². The van der Waals surface area contributed by atoms with E-state index >= 15 is 0 Å². The molecule has 6 aromatic rings. The van der Waals surface area contributed by atoms with Crippen molar-refractivity contribution in [1.29, 1.82) is 0 Å². The molecular weight excluding hydrogens is 1310 g/mol. The van der Waals surface area contributed by atoms with Gasteiger partial charge in [0.25, 0.3) is 0 Å². The number of amides is 10. The zero-order valence-corrected chi connectivity index (χ0v) is 58.9. The molecule has 0 saturated carbocycles. The summed E-state index contributed by atoms with van der Waals surface area (Å²) in [7, 11) is 2.95. The van der Waals surface area contributed by atoms with Gasteiger partial charge in [-0.3, -0.25) is 48.2 Å². The van der Waals surface area contributed by atoms with Crippen molar-refractivity contribution in [3.63, 3.8) is 0 Å². The van der Waals surface area contributed by atoms with Crippen molar-refractivity contribution < 1.29 is 71.6 Å². The number of benzene rings is 6. The molecule has 7 N–H and O–H groups in total. The van der Waals surface area contributed by atoms with E-state index in [1.54, 1.807) is 55.4 Å². The van der Waals surface area contributed by atoms with Gasteiger partial charge in [-0.1, -0.05) is 117 Å². The van der Waals surface area contributed by atoms with Crippen LogP contribution in [0.25, 0.3) is 32.3 Å². The van der Waals surface area contributed by atoms with Crippen LogP contribution in [0.2, 0.25) is 0 Å². The van der Waals surface area contributed by atoms with Crippen molar-refractivity contribution in [3.8, 4) is 0 Å². The van der Waals surface area contributed by atoms with Gasteiger partial charge in [0.15, 0.2) is 0 Å². The third kappa shape index (κ3) is 17.9. The number of nitrogens with one attached hydrogen (secondary N) is 5. The molecule has 26 heteroatoms. The topological polar surface area (TPSA) is 319 Å². The number of fused-ring (bicyclic) bond motifs is 6. The predicted molar refractivity (Wildman–Crippen MR) is 386 cm³/mol. The van der Waals surface area contributed by atoms with Gasteiger partial charge in [0.1, 0.15) is 72.2 Å². The summed E-state index contributed by atoms with van der Waals surface area (Å²) >= 11 is 0. The molecule has 12 rings (SSSR count). The Morgan fingerprint density at radius 3 is 1.06 bits per heavy atom. The van der Waals surface area contributed by atoms with Crippen molar-refractivity contribution in [2.45, 2.75) is 199 Å². The molecule has 546 valence electrons. The van der Waals surface area contributed by atoms with Gasteiger partial charge in [0, 0.05) is 60.2 Å². The standard InChI is InChI=1S/2C28H36N4O6.C19H21N3O3.CH4/c2*1-17(31(5)27(36)38-28(2,3)4)24(33)30-21-15-16-37-23-14-13-22(32(23)26(21)35)25(34)29-20-12-8-10-18-9-6-7-11-19(18)20;20-14-10-11-25-17-9-8-16(22(17)19(14)24)18(23)21-15-7-3-5-12-4-1-2-6-13(12)15;/h2*6-12,17,21-23H,13-16H2,1-5H3,(H,29,34)(H,30,33);1-7,14,16-17H,8-11,20H2,(H,21,23);1H4/t17-,21-,22+,23-;17-,21-,22-,23-;14-,16?,17-;/m000./s1. The number of nitrogens with two attached hydrogens (primary N) is 1. The number of carbonyl (C=O) groups excluding carboxylic acids is 10. The average molecular weight is 1400 g/mol. The number of nitrogens with zero attached hydrogens (tertiary/aromatic N) is 5. The lowest BCUT2D eigenvalue weighted by molar-refractivity contribution is -0.147. The fourth-order valence-corrected chi connectivity index (χ4v) is 13.2. The zero-order chi connectivity index (χ0) is 72.6. The first-order valence-electron chi connectivity index (χ1n) is 34.5. The SMILES string of the molecule is C.C[C@@H](C(=O)N[C@H]1CCO[C@H]2CC[C@@H](C(=O)Nc3cccc4ccccc34)N2C1=O)N(C)C(=O)OC(C)(C)C.C[C@@H](C(=O)N[C@H]1CCO[C@H]2CC[C@H](C(=O)Nc3cccc4ccccc34)N2C1=O)N(C)C(=O)OC(C)(C)C.N[C@H]1CCO[C@H]2CCC(C(=O)Nc3cccc4ccccc34)N2C1=O. The van der Waals surface area contributed by atoms with Crippen LogP contribution < -0.4 is 32.3 Å². The highest BCUT2D eigenvalue weighted by molar-refractivity contribution is 6.08. The normalized spacial score (nSPS) is 23.1. The molecule has 6 fully saturated rings. The Morgan fingerprint density at radius 1 is 0.441 bits per heavy atom. The van der Waals surface area contributed by atoms with Gasteiger partial charge in [-0.15, -0.1) is 0 Å². The molecule has 6 saturated heterocycles. The minimum Gasteiger partial charge on any atom is -0.444 e. The van der Waals surface area contributed by atoms with Gasteiger partial charge >= 0.3 is 12.2 Å². The zero-order valence-electron chi connectivity index (χ0n) is 58.9. The van der Waals surface area contributed by atoms with E-state index in [9.17, 15) is 47.9 Å². The van der Waals surface area contributed by atoms with Crippen LogP contribution in [0.4, 0.5) is 26.7 Å². The second kappa shape index (κ2) is 32.9. The minimum atomic E-state index is -0.882. The lowest BCUT2D eigenvalue weighted by Crippen LogP contribution is -2.56. The van der Waals surface area contributed by atoms with Crippen LogP contribution in [0.1, 0.15) is 121 Å². The van der Waals surface area contributed by atoms with Crippen LogP contribution in [0, 0.1) is 0 Å². The van der Waals surface area contributed by atoms with E-state index in [1.807, 2.05) is 127 Å². The Hall–Kier alpha value is -9.76. The van der Waals surface area contributed by atoms with Crippen molar-refractivity contribution in [1.82, 2.24) is 35.1 Å². The Bertz CT molecular complexity index is 3880. The van der Waals surface area contributed by atoms with Gasteiger partial charge in [-0.25, -0.2) is 9.59 Å².